The fourth-order valence-electron chi connectivity index (χ4n) is 2.06. The lowest BCUT2D eigenvalue weighted by Gasteiger charge is -2.27. The maximum absolute atomic E-state index is 9.15. The minimum Gasteiger partial charge on any atom is -0.489 e. The molecule has 0 radical (unpaired) electrons. The van der Waals surface area contributed by atoms with Crippen molar-refractivity contribution in [2.24, 2.45) is 0 Å². The highest BCUT2D eigenvalue weighted by molar-refractivity contribution is 5.97. The minimum atomic E-state index is -0.0155. The summed E-state index contributed by atoms with van der Waals surface area (Å²) >= 11 is 0. The van der Waals surface area contributed by atoms with Gasteiger partial charge in [0.1, 0.15) is 12.4 Å². The topological polar surface area (TPSA) is 41.5 Å². The third-order valence-electron chi connectivity index (χ3n) is 2.90. The van der Waals surface area contributed by atoms with Crippen LogP contribution >= 0.6 is 0 Å². The number of rotatable bonds is 1. The first-order valence-corrected chi connectivity index (χ1v) is 5.40. The second-order valence-electron chi connectivity index (χ2n) is 3.99. The molecule has 0 aliphatic carbocycles. The van der Waals surface area contributed by atoms with Gasteiger partial charge in [0.05, 0.1) is 18.3 Å². The maximum Gasteiger partial charge on any atom is 0.143 e. The van der Waals surface area contributed by atoms with E-state index in [1.54, 1.807) is 0 Å². The predicted molar refractivity (Wildman–Crippen MR) is 63.9 cm³/mol. The summed E-state index contributed by atoms with van der Waals surface area (Å²) in [5, 5.41) is 14.8. The molecule has 0 spiro atoms. The summed E-state index contributed by atoms with van der Waals surface area (Å²) in [7, 11) is 0. The van der Waals surface area contributed by atoms with Gasteiger partial charge in [0, 0.05) is 5.39 Å². The normalized spacial score (nSPS) is 18.7. The maximum atomic E-state index is 9.15. The molecular weight excluding hydrogens is 202 g/mol. The van der Waals surface area contributed by atoms with Gasteiger partial charge in [0.25, 0.3) is 0 Å². The molecule has 3 heteroatoms. The summed E-state index contributed by atoms with van der Waals surface area (Å²) in [6.45, 7) is 0.602. The van der Waals surface area contributed by atoms with Crippen molar-refractivity contribution in [3.05, 3.63) is 36.4 Å². The van der Waals surface area contributed by atoms with Gasteiger partial charge in [-0.15, -0.1) is 0 Å². The lowest BCUT2D eigenvalue weighted by Crippen LogP contribution is -2.34. The fraction of sp³-hybridized carbons (Fsp3) is 0.231. The number of anilines is 1. The van der Waals surface area contributed by atoms with E-state index in [0.717, 1.165) is 16.8 Å². The van der Waals surface area contributed by atoms with Gasteiger partial charge in [0.15, 0.2) is 0 Å². The Kier molecular flexibility index (Phi) is 2.18. The largest absolute Gasteiger partial charge is 0.489 e. The predicted octanol–water partition coefficient (Wildman–Crippen LogP) is 2.00. The average molecular weight is 215 g/mol. The van der Waals surface area contributed by atoms with Crippen LogP contribution in [-0.2, 0) is 0 Å². The monoisotopic (exact) mass is 215 g/mol. The number of ether oxygens (including phenoxy) is 1. The molecule has 1 aliphatic heterocycles. The van der Waals surface area contributed by atoms with Crippen LogP contribution < -0.4 is 10.1 Å². The number of aliphatic hydroxyl groups is 1. The molecule has 0 fully saturated rings. The Bertz CT molecular complexity index is 524. The Morgan fingerprint density at radius 3 is 3.00 bits per heavy atom. The number of benzene rings is 2. The van der Waals surface area contributed by atoms with Crippen molar-refractivity contribution < 1.29 is 9.84 Å². The van der Waals surface area contributed by atoms with E-state index < -0.39 is 0 Å². The van der Waals surface area contributed by atoms with Gasteiger partial charge in [-0.05, 0) is 11.5 Å². The van der Waals surface area contributed by atoms with Gasteiger partial charge < -0.3 is 15.2 Å². The number of fused-ring (bicyclic) bond motifs is 3. The summed E-state index contributed by atoms with van der Waals surface area (Å²) in [5.41, 5.74) is 0.989. The van der Waals surface area contributed by atoms with Crippen molar-refractivity contribution in [3.63, 3.8) is 0 Å². The quantitative estimate of drug-likeness (QED) is 0.764. The van der Waals surface area contributed by atoms with E-state index in [1.165, 1.54) is 5.39 Å². The molecule has 2 aromatic carbocycles. The molecule has 2 N–H and O–H groups in total. The van der Waals surface area contributed by atoms with E-state index in [9.17, 15) is 0 Å². The highest BCUT2D eigenvalue weighted by Gasteiger charge is 2.19. The average Bonchev–Trinajstić information content (AvgIpc) is 2.38. The van der Waals surface area contributed by atoms with Crippen LogP contribution in [0.2, 0.25) is 0 Å². The SMILES string of the molecule is OCC1COc2ccc3ccccc3c2N1. The van der Waals surface area contributed by atoms with Gasteiger partial charge in [0.2, 0.25) is 0 Å². The van der Waals surface area contributed by atoms with Crippen LogP contribution in [-0.4, -0.2) is 24.4 Å². The summed E-state index contributed by atoms with van der Waals surface area (Å²) in [6, 6.07) is 12.2. The second kappa shape index (κ2) is 3.68. The first kappa shape index (κ1) is 9.48. The van der Waals surface area contributed by atoms with Crippen molar-refractivity contribution in [2.45, 2.75) is 6.04 Å². The minimum absolute atomic E-state index is 0.0155. The Morgan fingerprint density at radius 1 is 1.25 bits per heavy atom. The first-order chi connectivity index (χ1) is 7.88. The molecule has 0 aromatic heterocycles. The number of hydrogen-bond donors (Lipinski definition) is 2. The van der Waals surface area contributed by atoms with E-state index in [4.69, 9.17) is 9.84 Å². The van der Waals surface area contributed by atoms with Crippen molar-refractivity contribution in [3.8, 4) is 5.75 Å². The highest BCUT2D eigenvalue weighted by atomic mass is 16.5. The van der Waals surface area contributed by atoms with Gasteiger partial charge in [-0.2, -0.15) is 0 Å². The summed E-state index contributed by atoms with van der Waals surface area (Å²) in [6.07, 6.45) is 0. The lowest BCUT2D eigenvalue weighted by molar-refractivity contribution is 0.208. The van der Waals surface area contributed by atoms with Crippen LogP contribution in [0.3, 0.4) is 0 Å². The first-order valence-electron chi connectivity index (χ1n) is 5.40. The van der Waals surface area contributed by atoms with E-state index in [0.29, 0.717) is 6.61 Å². The molecular formula is C13H13NO2. The zero-order chi connectivity index (χ0) is 11.0. The van der Waals surface area contributed by atoms with Gasteiger partial charge >= 0.3 is 0 Å². The van der Waals surface area contributed by atoms with Gasteiger partial charge in [-0.3, -0.25) is 0 Å². The molecule has 2 aromatic rings. The zero-order valence-corrected chi connectivity index (χ0v) is 8.81. The summed E-state index contributed by atoms with van der Waals surface area (Å²) in [5.74, 6) is 0.864. The third-order valence-corrected chi connectivity index (χ3v) is 2.90. The Balaban J connectivity index is 2.17. The van der Waals surface area contributed by atoms with Crippen molar-refractivity contribution in [1.82, 2.24) is 0 Å². The zero-order valence-electron chi connectivity index (χ0n) is 8.81. The van der Waals surface area contributed by atoms with Crippen LogP contribution in [0.15, 0.2) is 36.4 Å². The van der Waals surface area contributed by atoms with Crippen molar-refractivity contribution in [2.75, 3.05) is 18.5 Å². The number of hydrogen-bond acceptors (Lipinski definition) is 3. The molecule has 0 bridgehead atoms. The molecule has 1 aliphatic rings. The molecule has 3 nitrogen and oxygen atoms in total. The van der Waals surface area contributed by atoms with Gasteiger partial charge in [-0.1, -0.05) is 30.3 Å². The van der Waals surface area contributed by atoms with E-state index in [2.05, 4.69) is 23.5 Å². The Morgan fingerprint density at radius 2 is 2.12 bits per heavy atom. The molecule has 1 atom stereocenters. The molecule has 82 valence electrons. The van der Waals surface area contributed by atoms with Crippen LogP contribution in [0.5, 0.6) is 5.75 Å². The van der Waals surface area contributed by atoms with Crippen LogP contribution in [0.1, 0.15) is 0 Å². The molecule has 0 amide bonds. The molecule has 3 rings (SSSR count). The molecule has 1 heterocycles. The van der Waals surface area contributed by atoms with Crippen LogP contribution in [0, 0.1) is 0 Å². The summed E-state index contributed by atoms with van der Waals surface area (Å²) < 4.78 is 5.61. The molecule has 1 unspecified atom stereocenters. The Labute approximate surface area is 93.7 Å². The molecule has 0 saturated heterocycles. The van der Waals surface area contributed by atoms with Crippen molar-refractivity contribution in [1.29, 1.82) is 0 Å². The fourth-order valence-corrected chi connectivity index (χ4v) is 2.06. The standard InChI is InChI=1S/C13H13NO2/c15-7-10-8-16-12-6-5-9-3-1-2-4-11(9)13(12)14-10/h1-6,10,14-15H,7-8H2. The van der Waals surface area contributed by atoms with Gasteiger partial charge in [-0.25, -0.2) is 0 Å². The van der Waals surface area contributed by atoms with E-state index in [1.807, 2.05) is 18.2 Å². The van der Waals surface area contributed by atoms with Crippen LogP contribution in [0.4, 0.5) is 5.69 Å². The van der Waals surface area contributed by atoms with E-state index in [-0.39, 0.29) is 12.6 Å². The smallest absolute Gasteiger partial charge is 0.143 e. The Hall–Kier alpha value is -1.74. The third kappa shape index (κ3) is 1.41. The summed E-state index contributed by atoms with van der Waals surface area (Å²) in [4.78, 5) is 0. The van der Waals surface area contributed by atoms with Crippen molar-refractivity contribution >= 4 is 16.5 Å². The number of nitrogens with one attached hydrogen (secondary N) is 1. The van der Waals surface area contributed by atoms with Crippen LogP contribution in [0.25, 0.3) is 10.8 Å². The second-order valence-corrected chi connectivity index (χ2v) is 3.99. The highest BCUT2D eigenvalue weighted by Crippen LogP contribution is 2.35. The number of aliphatic hydroxyl groups excluding tert-OH is 1. The lowest BCUT2D eigenvalue weighted by atomic mass is 10.1. The molecule has 0 saturated carbocycles. The molecule has 16 heavy (non-hydrogen) atoms. The van der Waals surface area contributed by atoms with E-state index >= 15 is 0 Å².